The van der Waals surface area contributed by atoms with Gasteiger partial charge in [0.2, 0.25) is 5.91 Å². The van der Waals surface area contributed by atoms with Crippen LogP contribution in [0.1, 0.15) is 46.0 Å². The van der Waals surface area contributed by atoms with E-state index in [-0.39, 0.29) is 11.8 Å². The molecule has 2 amide bonds. The molecule has 0 fully saturated rings. The molecule has 0 saturated heterocycles. The lowest BCUT2D eigenvalue weighted by Crippen LogP contribution is -2.27. The average molecular weight is 336 g/mol. The lowest BCUT2D eigenvalue weighted by Gasteiger charge is -2.17. The summed E-state index contributed by atoms with van der Waals surface area (Å²) in [5.41, 5.74) is 6.09. The van der Waals surface area contributed by atoms with Crippen LogP contribution in [-0.2, 0) is 17.8 Å². The summed E-state index contributed by atoms with van der Waals surface area (Å²) in [5.74, 6) is 0.0207. The summed E-state index contributed by atoms with van der Waals surface area (Å²) >= 11 is 0. The van der Waals surface area contributed by atoms with Crippen LogP contribution in [0.3, 0.4) is 0 Å². The molecule has 2 aromatic rings. The van der Waals surface area contributed by atoms with E-state index in [0.717, 1.165) is 23.2 Å². The highest BCUT2D eigenvalue weighted by Crippen LogP contribution is 2.31. The third-order valence-electron chi connectivity index (χ3n) is 4.90. The standard InChI is InChI=1S/C21H24N2O2/c1-4-20(24)23-11-10-17-18(6-5-7-19(17)23)21(25)22-13-16-9-8-14(2)15(3)12-16/h5-9,12H,4,10-11,13H2,1-3H3,(H,22,25). The van der Waals surface area contributed by atoms with Crippen LogP contribution in [0.25, 0.3) is 0 Å². The molecule has 25 heavy (non-hydrogen) atoms. The van der Waals surface area contributed by atoms with Crippen molar-refractivity contribution in [2.75, 3.05) is 11.4 Å². The normalized spacial score (nSPS) is 12.8. The summed E-state index contributed by atoms with van der Waals surface area (Å²) in [7, 11) is 0. The van der Waals surface area contributed by atoms with Crippen molar-refractivity contribution in [3.05, 3.63) is 64.2 Å². The van der Waals surface area contributed by atoms with Gasteiger partial charge in [-0.05, 0) is 54.7 Å². The molecule has 1 N–H and O–H groups in total. The van der Waals surface area contributed by atoms with Crippen LogP contribution in [0, 0.1) is 13.8 Å². The second-order valence-electron chi connectivity index (χ2n) is 6.55. The van der Waals surface area contributed by atoms with Crippen LogP contribution in [0.5, 0.6) is 0 Å². The second kappa shape index (κ2) is 7.09. The molecular formula is C21H24N2O2. The number of benzene rings is 2. The molecule has 0 saturated carbocycles. The van der Waals surface area contributed by atoms with Crippen LogP contribution in [0.4, 0.5) is 5.69 Å². The Kier molecular flexibility index (Phi) is 4.88. The fraction of sp³-hybridized carbons (Fsp3) is 0.333. The number of anilines is 1. The molecule has 0 aliphatic carbocycles. The third-order valence-corrected chi connectivity index (χ3v) is 4.90. The van der Waals surface area contributed by atoms with Crippen LogP contribution < -0.4 is 10.2 Å². The maximum atomic E-state index is 12.7. The predicted molar refractivity (Wildman–Crippen MR) is 99.9 cm³/mol. The highest BCUT2D eigenvalue weighted by Gasteiger charge is 2.27. The molecule has 4 heteroatoms. The second-order valence-corrected chi connectivity index (χ2v) is 6.55. The predicted octanol–water partition coefficient (Wildman–Crippen LogP) is 3.53. The minimum atomic E-state index is -0.0825. The van der Waals surface area contributed by atoms with Crippen molar-refractivity contribution in [2.24, 2.45) is 0 Å². The number of amides is 2. The molecule has 0 aromatic heterocycles. The molecule has 2 aromatic carbocycles. The number of nitrogens with one attached hydrogen (secondary N) is 1. The SMILES string of the molecule is CCC(=O)N1CCc2c(C(=O)NCc3ccc(C)c(C)c3)cccc21. The van der Waals surface area contributed by atoms with E-state index < -0.39 is 0 Å². The Morgan fingerprint density at radius 1 is 1.12 bits per heavy atom. The molecule has 0 unspecified atom stereocenters. The summed E-state index contributed by atoms with van der Waals surface area (Å²) < 4.78 is 0. The fourth-order valence-corrected chi connectivity index (χ4v) is 3.29. The number of hydrogen-bond acceptors (Lipinski definition) is 2. The number of aryl methyl sites for hydroxylation is 2. The van der Waals surface area contributed by atoms with Gasteiger partial charge in [0, 0.05) is 30.8 Å². The van der Waals surface area contributed by atoms with E-state index >= 15 is 0 Å². The Morgan fingerprint density at radius 3 is 2.64 bits per heavy atom. The Morgan fingerprint density at radius 2 is 1.92 bits per heavy atom. The molecule has 0 radical (unpaired) electrons. The molecule has 1 aliphatic rings. The Balaban J connectivity index is 1.76. The molecule has 1 heterocycles. The van der Waals surface area contributed by atoms with Crippen molar-refractivity contribution in [3.63, 3.8) is 0 Å². The smallest absolute Gasteiger partial charge is 0.251 e. The van der Waals surface area contributed by atoms with E-state index in [2.05, 4.69) is 31.3 Å². The van der Waals surface area contributed by atoms with Crippen LogP contribution in [-0.4, -0.2) is 18.4 Å². The first-order chi connectivity index (χ1) is 12.0. The monoisotopic (exact) mass is 336 g/mol. The molecule has 0 spiro atoms. The number of rotatable bonds is 4. The quantitative estimate of drug-likeness (QED) is 0.928. The number of carbonyl (C=O) groups is 2. The lowest BCUT2D eigenvalue weighted by molar-refractivity contribution is -0.118. The van der Waals surface area contributed by atoms with E-state index in [9.17, 15) is 9.59 Å². The zero-order valence-electron chi connectivity index (χ0n) is 15.1. The topological polar surface area (TPSA) is 49.4 Å². The van der Waals surface area contributed by atoms with Crippen molar-refractivity contribution in [1.29, 1.82) is 0 Å². The minimum Gasteiger partial charge on any atom is -0.348 e. The number of hydrogen-bond donors (Lipinski definition) is 1. The van der Waals surface area contributed by atoms with E-state index in [1.807, 2.05) is 31.2 Å². The summed E-state index contributed by atoms with van der Waals surface area (Å²) in [6.45, 7) is 7.17. The first-order valence-electron chi connectivity index (χ1n) is 8.78. The van der Waals surface area contributed by atoms with Gasteiger partial charge in [-0.3, -0.25) is 9.59 Å². The fourth-order valence-electron chi connectivity index (χ4n) is 3.29. The van der Waals surface area contributed by atoms with Crippen LogP contribution in [0.2, 0.25) is 0 Å². The molecule has 4 nitrogen and oxygen atoms in total. The lowest BCUT2D eigenvalue weighted by atomic mass is 10.0. The van der Waals surface area contributed by atoms with Gasteiger partial charge in [-0.15, -0.1) is 0 Å². The van der Waals surface area contributed by atoms with Crippen molar-refractivity contribution in [1.82, 2.24) is 5.32 Å². The van der Waals surface area contributed by atoms with Gasteiger partial charge in [-0.25, -0.2) is 0 Å². The largest absolute Gasteiger partial charge is 0.348 e. The highest BCUT2D eigenvalue weighted by molar-refractivity contribution is 6.01. The molecular weight excluding hydrogens is 312 g/mol. The van der Waals surface area contributed by atoms with Gasteiger partial charge in [0.05, 0.1) is 0 Å². The number of nitrogens with zero attached hydrogens (tertiary/aromatic N) is 1. The van der Waals surface area contributed by atoms with Crippen molar-refractivity contribution >= 4 is 17.5 Å². The van der Waals surface area contributed by atoms with Gasteiger partial charge in [0.15, 0.2) is 0 Å². The third kappa shape index (κ3) is 3.43. The molecule has 130 valence electrons. The van der Waals surface area contributed by atoms with Gasteiger partial charge in [-0.1, -0.05) is 31.2 Å². The van der Waals surface area contributed by atoms with Gasteiger partial charge in [0.1, 0.15) is 0 Å². The van der Waals surface area contributed by atoms with Crippen molar-refractivity contribution in [3.8, 4) is 0 Å². The zero-order chi connectivity index (χ0) is 18.0. The maximum Gasteiger partial charge on any atom is 0.251 e. The molecule has 1 aliphatic heterocycles. The molecule has 3 rings (SSSR count). The summed E-state index contributed by atoms with van der Waals surface area (Å²) in [4.78, 5) is 26.5. The average Bonchev–Trinajstić information content (AvgIpc) is 3.06. The van der Waals surface area contributed by atoms with Gasteiger partial charge in [0.25, 0.3) is 5.91 Å². The molecule has 0 bridgehead atoms. The highest BCUT2D eigenvalue weighted by atomic mass is 16.2. The van der Waals surface area contributed by atoms with E-state index in [1.165, 1.54) is 11.1 Å². The first kappa shape index (κ1) is 17.2. The number of fused-ring (bicyclic) bond motifs is 1. The minimum absolute atomic E-state index is 0.0825. The van der Waals surface area contributed by atoms with Gasteiger partial charge < -0.3 is 10.2 Å². The van der Waals surface area contributed by atoms with E-state index in [4.69, 9.17) is 0 Å². The Labute approximate surface area is 148 Å². The Hall–Kier alpha value is -2.62. The first-order valence-corrected chi connectivity index (χ1v) is 8.78. The van der Waals surface area contributed by atoms with Crippen molar-refractivity contribution in [2.45, 2.75) is 40.2 Å². The summed E-state index contributed by atoms with van der Waals surface area (Å²) in [6, 6.07) is 11.8. The van der Waals surface area contributed by atoms with Gasteiger partial charge >= 0.3 is 0 Å². The maximum absolute atomic E-state index is 12.7. The van der Waals surface area contributed by atoms with Crippen LogP contribution >= 0.6 is 0 Å². The zero-order valence-corrected chi connectivity index (χ0v) is 15.1. The van der Waals surface area contributed by atoms with Crippen molar-refractivity contribution < 1.29 is 9.59 Å². The summed E-state index contributed by atoms with van der Waals surface area (Å²) in [5, 5.41) is 3.01. The van der Waals surface area contributed by atoms with E-state index in [0.29, 0.717) is 25.1 Å². The number of carbonyl (C=O) groups excluding carboxylic acids is 2. The summed E-state index contributed by atoms with van der Waals surface area (Å²) in [6.07, 6.45) is 1.21. The van der Waals surface area contributed by atoms with Crippen LogP contribution in [0.15, 0.2) is 36.4 Å². The molecule has 0 atom stereocenters. The Bertz CT molecular complexity index is 827. The van der Waals surface area contributed by atoms with E-state index in [1.54, 1.807) is 4.90 Å². The van der Waals surface area contributed by atoms with Gasteiger partial charge in [-0.2, -0.15) is 0 Å².